The van der Waals surface area contributed by atoms with E-state index >= 15 is 0 Å². The van der Waals surface area contributed by atoms with Crippen LogP contribution in [0.2, 0.25) is 0 Å². The molecule has 3 rings (SSSR count). The first-order valence-electron chi connectivity index (χ1n) is 6.41. The first-order chi connectivity index (χ1) is 10.2. The third kappa shape index (κ3) is 2.72. The number of hydrogen-bond acceptors (Lipinski definition) is 5. The van der Waals surface area contributed by atoms with Crippen molar-refractivity contribution in [2.45, 2.75) is 13.3 Å². The van der Waals surface area contributed by atoms with Crippen LogP contribution >= 0.6 is 0 Å². The molecule has 1 aromatic carbocycles. The van der Waals surface area contributed by atoms with Crippen LogP contribution in [0.3, 0.4) is 0 Å². The number of aliphatic imine (C=N–C) groups is 1. The summed E-state index contributed by atoms with van der Waals surface area (Å²) in [6, 6.07) is 6.66. The maximum absolute atomic E-state index is 13.4. The zero-order valence-electron chi connectivity index (χ0n) is 11.2. The highest BCUT2D eigenvalue weighted by Crippen LogP contribution is 2.24. The van der Waals surface area contributed by atoms with E-state index in [1.807, 2.05) is 0 Å². The Labute approximate surface area is 120 Å². The van der Waals surface area contributed by atoms with E-state index in [-0.39, 0.29) is 17.6 Å². The molecule has 0 bridgehead atoms. The number of hydrogen-bond donors (Lipinski definition) is 0. The maximum atomic E-state index is 13.4. The number of nitrogens with zero attached hydrogens (tertiary/aromatic N) is 4. The van der Waals surface area contributed by atoms with Crippen LogP contribution in [-0.2, 0) is 0 Å². The van der Waals surface area contributed by atoms with Gasteiger partial charge in [-0.2, -0.15) is 10.2 Å². The first kappa shape index (κ1) is 13.2. The zero-order chi connectivity index (χ0) is 14.8. The van der Waals surface area contributed by atoms with E-state index in [2.05, 4.69) is 21.2 Å². The number of aromatic nitrogens is 2. The molecule has 5 nitrogen and oxygen atoms in total. The van der Waals surface area contributed by atoms with Crippen molar-refractivity contribution in [3.05, 3.63) is 41.5 Å². The first-order valence-corrected chi connectivity index (χ1v) is 6.41. The molecular formula is C15H11FN4O. The van der Waals surface area contributed by atoms with Gasteiger partial charge in [0.25, 0.3) is 5.89 Å². The van der Waals surface area contributed by atoms with Gasteiger partial charge in [0.15, 0.2) is 0 Å². The third-order valence-corrected chi connectivity index (χ3v) is 3.07. The lowest BCUT2D eigenvalue weighted by Crippen LogP contribution is -2.02. The molecule has 1 aliphatic rings. The minimum absolute atomic E-state index is 0.217. The Morgan fingerprint density at radius 1 is 1.38 bits per heavy atom. The summed E-state index contributed by atoms with van der Waals surface area (Å²) in [5.74, 6) is 0.00756. The van der Waals surface area contributed by atoms with Crippen LogP contribution < -0.4 is 0 Å². The average molecular weight is 282 g/mol. The Morgan fingerprint density at radius 2 is 2.24 bits per heavy atom. The SMILES string of the molecule is Cc1cc(F)cc(-c2nc(C3=CCC(C#N)C=N3)no2)c1. The van der Waals surface area contributed by atoms with Gasteiger partial charge in [0.2, 0.25) is 5.82 Å². The fourth-order valence-electron chi connectivity index (χ4n) is 2.06. The van der Waals surface area contributed by atoms with Crippen molar-refractivity contribution in [3.63, 3.8) is 0 Å². The number of halogens is 1. The molecule has 0 radical (unpaired) electrons. The molecule has 1 aliphatic heterocycles. The van der Waals surface area contributed by atoms with Gasteiger partial charge in [-0.05, 0) is 37.1 Å². The van der Waals surface area contributed by atoms with Crippen LogP contribution in [0.15, 0.2) is 33.8 Å². The predicted molar refractivity (Wildman–Crippen MR) is 74.6 cm³/mol. The summed E-state index contributed by atoms with van der Waals surface area (Å²) in [7, 11) is 0. The minimum atomic E-state index is -0.350. The molecule has 0 spiro atoms. The van der Waals surface area contributed by atoms with Crippen molar-refractivity contribution < 1.29 is 8.91 Å². The summed E-state index contributed by atoms with van der Waals surface area (Å²) in [6.45, 7) is 1.79. The van der Waals surface area contributed by atoms with E-state index in [9.17, 15) is 4.39 Å². The normalized spacial score (nSPS) is 17.4. The highest BCUT2D eigenvalue weighted by molar-refractivity contribution is 5.77. The summed E-state index contributed by atoms with van der Waals surface area (Å²) < 4.78 is 18.6. The van der Waals surface area contributed by atoms with Gasteiger partial charge in [0, 0.05) is 11.8 Å². The number of rotatable bonds is 2. The molecule has 0 aliphatic carbocycles. The standard InChI is InChI=1S/C15H11FN4O/c1-9-4-11(6-12(16)5-9)15-19-14(20-21-15)13-3-2-10(7-17)8-18-13/h3-6,8,10H,2H2,1H3. The monoisotopic (exact) mass is 282 g/mol. The predicted octanol–water partition coefficient (Wildman–Crippen LogP) is 3.14. The third-order valence-electron chi connectivity index (χ3n) is 3.07. The molecule has 0 saturated carbocycles. The van der Waals surface area contributed by atoms with Gasteiger partial charge in [-0.25, -0.2) is 4.39 Å². The highest BCUT2D eigenvalue weighted by atomic mass is 19.1. The van der Waals surface area contributed by atoms with E-state index in [0.717, 1.165) is 5.56 Å². The average Bonchev–Trinajstić information content (AvgIpc) is 2.96. The molecular weight excluding hydrogens is 271 g/mol. The summed E-state index contributed by atoms with van der Waals surface area (Å²) in [5.41, 5.74) is 1.86. The fraction of sp³-hybridized carbons (Fsp3) is 0.200. The molecule has 1 atom stereocenters. The number of allylic oxidation sites excluding steroid dienone is 1. The van der Waals surface area contributed by atoms with E-state index in [1.54, 1.807) is 25.3 Å². The second kappa shape index (κ2) is 5.29. The topological polar surface area (TPSA) is 75.1 Å². The quantitative estimate of drug-likeness (QED) is 0.848. The fourth-order valence-corrected chi connectivity index (χ4v) is 2.06. The van der Waals surface area contributed by atoms with Crippen molar-refractivity contribution in [1.29, 1.82) is 5.26 Å². The van der Waals surface area contributed by atoms with Crippen LogP contribution in [-0.4, -0.2) is 16.4 Å². The van der Waals surface area contributed by atoms with Gasteiger partial charge >= 0.3 is 0 Å². The lowest BCUT2D eigenvalue weighted by atomic mass is 10.1. The highest BCUT2D eigenvalue weighted by Gasteiger charge is 2.16. The van der Waals surface area contributed by atoms with E-state index < -0.39 is 0 Å². The van der Waals surface area contributed by atoms with Crippen LogP contribution in [0.5, 0.6) is 0 Å². The van der Waals surface area contributed by atoms with Crippen molar-refractivity contribution in [2.24, 2.45) is 10.9 Å². The Kier molecular flexibility index (Phi) is 3.32. The molecule has 0 amide bonds. The number of aryl methyl sites for hydroxylation is 1. The molecule has 1 unspecified atom stereocenters. The van der Waals surface area contributed by atoms with Crippen molar-refractivity contribution in [3.8, 4) is 17.5 Å². The smallest absolute Gasteiger partial charge is 0.258 e. The summed E-state index contributed by atoms with van der Waals surface area (Å²) >= 11 is 0. The van der Waals surface area contributed by atoms with Gasteiger partial charge in [0.1, 0.15) is 11.5 Å². The van der Waals surface area contributed by atoms with E-state index in [0.29, 0.717) is 23.5 Å². The second-order valence-corrected chi connectivity index (χ2v) is 4.78. The Balaban J connectivity index is 1.89. The lowest BCUT2D eigenvalue weighted by Gasteiger charge is -2.05. The van der Waals surface area contributed by atoms with Crippen LogP contribution in [0.1, 0.15) is 17.8 Å². The van der Waals surface area contributed by atoms with Crippen LogP contribution in [0, 0.1) is 30.0 Å². The molecule has 0 fully saturated rings. The zero-order valence-corrected chi connectivity index (χ0v) is 11.2. The largest absolute Gasteiger partial charge is 0.334 e. The molecule has 0 saturated heterocycles. The lowest BCUT2D eigenvalue weighted by molar-refractivity contribution is 0.428. The van der Waals surface area contributed by atoms with Crippen LogP contribution in [0.25, 0.3) is 17.2 Å². The Morgan fingerprint density at radius 3 is 2.90 bits per heavy atom. The van der Waals surface area contributed by atoms with Gasteiger partial charge in [-0.3, -0.25) is 4.99 Å². The van der Waals surface area contributed by atoms with Crippen molar-refractivity contribution in [2.75, 3.05) is 0 Å². The van der Waals surface area contributed by atoms with Gasteiger partial charge < -0.3 is 4.52 Å². The molecule has 21 heavy (non-hydrogen) atoms. The van der Waals surface area contributed by atoms with Crippen molar-refractivity contribution >= 4 is 11.9 Å². The molecule has 2 aromatic rings. The van der Waals surface area contributed by atoms with E-state index in [1.165, 1.54) is 12.1 Å². The van der Waals surface area contributed by atoms with E-state index in [4.69, 9.17) is 9.78 Å². The summed E-state index contributed by atoms with van der Waals surface area (Å²) in [6.07, 6.45) is 3.93. The molecule has 1 aromatic heterocycles. The number of benzene rings is 1. The second-order valence-electron chi connectivity index (χ2n) is 4.78. The van der Waals surface area contributed by atoms with Gasteiger partial charge in [-0.1, -0.05) is 11.2 Å². The van der Waals surface area contributed by atoms with Crippen LogP contribution in [0.4, 0.5) is 4.39 Å². The molecule has 2 heterocycles. The minimum Gasteiger partial charge on any atom is -0.334 e. The molecule has 104 valence electrons. The van der Waals surface area contributed by atoms with Gasteiger partial charge in [0.05, 0.1) is 12.0 Å². The molecule has 0 N–H and O–H groups in total. The van der Waals surface area contributed by atoms with Crippen molar-refractivity contribution in [1.82, 2.24) is 10.1 Å². The Hall–Kier alpha value is -2.81. The summed E-state index contributed by atoms with van der Waals surface area (Å²) in [4.78, 5) is 8.38. The Bertz CT molecular complexity index is 765. The number of nitriles is 1. The summed E-state index contributed by atoms with van der Waals surface area (Å²) in [5, 5.41) is 12.6. The molecule has 6 heteroatoms. The van der Waals surface area contributed by atoms with Gasteiger partial charge in [-0.15, -0.1) is 0 Å². The maximum Gasteiger partial charge on any atom is 0.258 e.